The third-order valence-electron chi connectivity index (χ3n) is 5.69. The molecule has 1 atom stereocenters. The van der Waals surface area contributed by atoms with Crippen molar-refractivity contribution in [1.82, 2.24) is 0 Å². The third kappa shape index (κ3) is 12.9. The summed E-state index contributed by atoms with van der Waals surface area (Å²) in [6.45, 7) is 8.47. The average Bonchev–Trinajstić information content (AvgIpc) is 3.00. The summed E-state index contributed by atoms with van der Waals surface area (Å²) in [4.78, 5) is 49.3. The van der Waals surface area contributed by atoms with Gasteiger partial charge in [-0.3, -0.25) is 9.59 Å². The second kappa shape index (κ2) is 21.1. The number of hydrogen-bond acceptors (Lipinski definition) is 9. The molecule has 10 nitrogen and oxygen atoms in total. The van der Waals surface area contributed by atoms with Crippen LogP contribution in [0, 0.1) is 5.92 Å². The number of carboxylic acid groups (broad SMARTS) is 1. The van der Waals surface area contributed by atoms with E-state index >= 15 is 0 Å². The predicted octanol–water partition coefficient (Wildman–Crippen LogP) is 7.05. The summed E-state index contributed by atoms with van der Waals surface area (Å²) in [5, 5.41) is 9.18. The minimum Gasteiger partial charge on any atom is -0.481 e. The number of aliphatic carboxylic acids is 1. The van der Waals surface area contributed by atoms with E-state index in [-0.39, 0.29) is 54.8 Å². The highest BCUT2D eigenvalue weighted by molar-refractivity contribution is 7.48. The second-order valence-electron chi connectivity index (χ2n) is 8.82. The summed E-state index contributed by atoms with van der Waals surface area (Å²) >= 11 is 0. The van der Waals surface area contributed by atoms with Crippen LogP contribution >= 0.6 is 8.38 Å². The van der Waals surface area contributed by atoms with Gasteiger partial charge in [0.2, 0.25) is 0 Å². The Balaban J connectivity index is 0.00000431. The van der Waals surface area contributed by atoms with Gasteiger partial charge in [-0.05, 0) is 43.5 Å². The number of hydrogen-bond donors (Lipinski definition) is 1. The van der Waals surface area contributed by atoms with E-state index in [9.17, 15) is 24.3 Å². The topological polar surface area (TPSA) is 135 Å². The van der Waals surface area contributed by atoms with Crippen molar-refractivity contribution in [3.8, 4) is 11.5 Å². The first kappa shape index (κ1) is 36.4. The number of carbonyl (C=O) groups excluding carboxylic acids is 3. The maximum Gasteiger partial charge on any atom is 0.341 e. The van der Waals surface area contributed by atoms with Gasteiger partial charge >= 0.3 is 23.9 Å². The molecule has 2 aromatic rings. The summed E-state index contributed by atoms with van der Waals surface area (Å²) in [6, 6.07) is 12.9. The molecule has 2 rings (SSSR count). The highest BCUT2D eigenvalue weighted by Gasteiger charge is 2.30. The Morgan fingerprint density at radius 2 is 1.24 bits per heavy atom. The summed E-state index contributed by atoms with van der Waals surface area (Å²) in [5.74, 6) is -3.39. The van der Waals surface area contributed by atoms with Gasteiger partial charge in [-0.2, -0.15) is 0 Å². The van der Waals surface area contributed by atoms with E-state index in [0.29, 0.717) is 12.8 Å². The second-order valence-corrected chi connectivity index (χ2v) is 10.2. The smallest absolute Gasteiger partial charge is 0.341 e. The average molecular weight is 607 g/mol. The fraction of sp³-hybridized carbons (Fsp3) is 0.484. The van der Waals surface area contributed by atoms with Crippen LogP contribution in [-0.2, 0) is 23.8 Å². The Kier molecular flexibility index (Phi) is 18.3. The summed E-state index contributed by atoms with van der Waals surface area (Å²) in [7, 11) is -0.833. The summed E-state index contributed by atoms with van der Waals surface area (Å²) in [5.41, 5.74) is 0.337. The number of benzene rings is 2. The maximum atomic E-state index is 12.8. The van der Waals surface area contributed by atoms with Crippen LogP contribution < -0.4 is 9.05 Å². The first-order valence-corrected chi connectivity index (χ1v) is 15.6. The molecule has 1 unspecified atom stereocenters. The normalized spacial score (nSPS) is 11.0. The maximum absolute atomic E-state index is 12.8. The number of carbonyl (C=O) groups is 4. The van der Waals surface area contributed by atoms with Crippen molar-refractivity contribution in [3.63, 3.8) is 0 Å². The third-order valence-corrected chi connectivity index (χ3v) is 7.23. The van der Waals surface area contributed by atoms with Crippen LogP contribution in [0.2, 0.25) is 0 Å². The molecule has 1 N–H and O–H groups in total. The predicted molar refractivity (Wildman–Crippen MR) is 160 cm³/mol. The van der Waals surface area contributed by atoms with Gasteiger partial charge in [0.1, 0.15) is 22.6 Å². The minimum absolute atomic E-state index is 0.0189. The van der Waals surface area contributed by atoms with Gasteiger partial charge in [-0.15, -0.1) is 0 Å². The molecule has 0 bridgehead atoms. The number of esters is 3. The van der Waals surface area contributed by atoms with Gasteiger partial charge in [0.15, 0.2) is 0 Å². The van der Waals surface area contributed by atoms with Crippen molar-refractivity contribution >= 4 is 32.3 Å². The van der Waals surface area contributed by atoms with E-state index in [1.54, 1.807) is 48.5 Å². The monoisotopic (exact) mass is 606 g/mol. The van der Waals surface area contributed by atoms with Crippen molar-refractivity contribution in [2.75, 3.05) is 26.5 Å². The lowest BCUT2D eigenvalue weighted by Crippen LogP contribution is -2.22. The molecule has 11 heteroatoms. The molecule has 0 saturated heterocycles. The molecule has 0 saturated carbocycles. The van der Waals surface area contributed by atoms with Crippen LogP contribution in [0.3, 0.4) is 0 Å². The molecule has 232 valence electrons. The number of ether oxygens (including phenoxy) is 3. The number of para-hydroxylation sites is 2. The first-order valence-electron chi connectivity index (χ1n) is 14.3. The van der Waals surface area contributed by atoms with Crippen LogP contribution in [0.1, 0.15) is 86.9 Å². The molecule has 0 spiro atoms. The standard InChI is InChI=1S/C29H37O10P.C2H6/c1-4-6-18-36-28(33)22-12-8-10-14-24(22)38-40(20-21(27(32)35-3)16-17-26(30)31)39-25-15-11-9-13-23(25)29(34)37-19-7-5-2;1-2/h8-15,21H,4-7,16-20H2,1-3H3,(H,30,31);1-2H3. The Hall–Kier alpha value is -3.65. The number of unbranched alkanes of at least 4 members (excludes halogenated alkanes) is 2. The lowest BCUT2D eigenvalue weighted by atomic mass is 10.1. The Bertz CT molecular complexity index is 1050. The molecule has 42 heavy (non-hydrogen) atoms. The van der Waals surface area contributed by atoms with Gasteiger partial charge in [-0.25, -0.2) is 9.59 Å². The quantitative estimate of drug-likeness (QED) is 0.0814. The van der Waals surface area contributed by atoms with E-state index in [4.69, 9.17) is 23.3 Å². The van der Waals surface area contributed by atoms with Gasteiger partial charge in [0.05, 0.1) is 32.4 Å². The highest BCUT2D eigenvalue weighted by atomic mass is 31.2. The van der Waals surface area contributed by atoms with E-state index in [2.05, 4.69) is 0 Å². The molecule has 0 amide bonds. The molecule has 0 aromatic heterocycles. The van der Waals surface area contributed by atoms with Gasteiger partial charge in [0.25, 0.3) is 8.38 Å². The van der Waals surface area contributed by atoms with Gasteiger partial charge in [-0.1, -0.05) is 64.8 Å². The van der Waals surface area contributed by atoms with Crippen molar-refractivity contribution in [2.45, 2.75) is 66.2 Å². The fourth-order valence-electron chi connectivity index (χ4n) is 3.44. The van der Waals surface area contributed by atoms with Crippen LogP contribution in [-0.4, -0.2) is 55.5 Å². The molecule has 2 aromatic carbocycles. The molecule has 0 heterocycles. The van der Waals surface area contributed by atoms with Crippen molar-refractivity contribution in [2.24, 2.45) is 5.92 Å². The minimum atomic E-state index is -2.04. The number of rotatable bonds is 18. The zero-order valence-electron chi connectivity index (χ0n) is 25.1. The number of methoxy groups -OCH3 is 1. The van der Waals surface area contributed by atoms with E-state index < -0.39 is 38.2 Å². The van der Waals surface area contributed by atoms with Crippen molar-refractivity contribution < 1.29 is 47.5 Å². The van der Waals surface area contributed by atoms with E-state index in [1.807, 2.05) is 27.7 Å². The van der Waals surface area contributed by atoms with Crippen LogP contribution in [0.5, 0.6) is 11.5 Å². The largest absolute Gasteiger partial charge is 0.481 e. The number of carboxylic acids is 1. The molecule has 0 aliphatic carbocycles. The lowest BCUT2D eigenvalue weighted by Gasteiger charge is -2.24. The molecule has 0 fully saturated rings. The van der Waals surface area contributed by atoms with Crippen LogP contribution in [0.25, 0.3) is 0 Å². The molecule has 0 radical (unpaired) electrons. The van der Waals surface area contributed by atoms with Gasteiger partial charge < -0.3 is 28.4 Å². The van der Waals surface area contributed by atoms with E-state index in [1.165, 1.54) is 7.11 Å². The molecular formula is C31H43O10P. The Morgan fingerprint density at radius 1 is 0.786 bits per heavy atom. The van der Waals surface area contributed by atoms with Crippen LogP contribution in [0.4, 0.5) is 0 Å². The Morgan fingerprint density at radius 3 is 1.64 bits per heavy atom. The fourth-order valence-corrected chi connectivity index (χ4v) is 5.08. The van der Waals surface area contributed by atoms with Crippen molar-refractivity contribution in [1.29, 1.82) is 0 Å². The van der Waals surface area contributed by atoms with Gasteiger partial charge in [0, 0.05) is 6.42 Å². The Labute approximate surface area is 249 Å². The molecule has 0 aliphatic heterocycles. The van der Waals surface area contributed by atoms with E-state index in [0.717, 1.165) is 12.8 Å². The van der Waals surface area contributed by atoms with Crippen LogP contribution in [0.15, 0.2) is 48.5 Å². The lowest BCUT2D eigenvalue weighted by molar-refractivity contribution is -0.145. The van der Waals surface area contributed by atoms with Crippen molar-refractivity contribution in [3.05, 3.63) is 59.7 Å². The first-order chi connectivity index (χ1) is 20.3. The molecular weight excluding hydrogens is 563 g/mol. The zero-order valence-corrected chi connectivity index (χ0v) is 26.0. The molecule has 0 aliphatic rings. The zero-order chi connectivity index (χ0) is 31.3. The summed E-state index contributed by atoms with van der Waals surface area (Å²) in [6.07, 6.45) is 2.78. The summed E-state index contributed by atoms with van der Waals surface area (Å²) < 4.78 is 28.0. The highest BCUT2D eigenvalue weighted by Crippen LogP contribution is 2.45. The SMILES string of the molecule is CC.CCCCOC(=O)c1ccccc1OP(CC(CCC(=O)O)C(=O)OC)Oc1ccccc1C(=O)OCCCC.